The number of nitrogens with two attached hydrogens (primary N) is 1. The van der Waals surface area contributed by atoms with Crippen molar-refractivity contribution in [2.45, 2.75) is 25.6 Å². The molecule has 0 fully saturated rings. The largest absolute Gasteiger partial charge is 0.480 e. The van der Waals surface area contributed by atoms with Gasteiger partial charge in [0.15, 0.2) is 0 Å². The summed E-state index contributed by atoms with van der Waals surface area (Å²) in [6, 6.07) is -0.810. The van der Waals surface area contributed by atoms with Crippen molar-refractivity contribution in [3.63, 3.8) is 0 Å². The number of hydrogen-bond donors (Lipinski definition) is 2. The number of rotatable bonds is 5. The van der Waals surface area contributed by atoms with Gasteiger partial charge >= 0.3 is 5.97 Å². The summed E-state index contributed by atoms with van der Waals surface area (Å²) in [4.78, 5) is 10.5. The van der Waals surface area contributed by atoms with E-state index in [4.69, 9.17) is 15.4 Å². The lowest BCUT2D eigenvalue weighted by Crippen LogP contribution is -2.32. The summed E-state index contributed by atoms with van der Waals surface area (Å²) in [6.07, 6.45) is 0. The van der Waals surface area contributed by atoms with Crippen LogP contribution in [0.25, 0.3) is 0 Å². The standard InChI is InChI=1S/C9H14N2O3S/c1-5-7(6(2)14-11-5)3-15-4-8(10)9(12)13/h8H,3-4,10H2,1-2H3,(H,12,13)/t8-/m1/s1. The van der Waals surface area contributed by atoms with Gasteiger partial charge in [-0.05, 0) is 13.8 Å². The van der Waals surface area contributed by atoms with E-state index in [1.165, 1.54) is 11.8 Å². The molecule has 1 aromatic heterocycles. The van der Waals surface area contributed by atoms with Gasteiger partial charge in [-0.2, -0.15) is 11.8 Å². The SMILES string of the molecule is Cc1noc(C)c1CSC[C@@H](N)C(=O)O. The van der Waals surface area contributed by atoms with Crippen molar-refractivity contribution in [1.29, 1.82) is 0 Å². The van der Waals surface area contributed by atoms with Crippen LogP contribution in [0.2, 0.25) is 0 Å². The normalized spacial score (nSPS) is 12.7. The van der Waals surface area contributed by atoms with Gasteiger partial charge in [-0.25, -0.2) is 0 Å². The fourth-order valence-corrected chi connectivity index (χ4v) is 2.20. The molecule has 0 aromatic carbocycles. The molecule has 3 N–H and O–H groups in total. The molecular weight excluding hydrogens is 216 g/mol. The van der Waals surface area contributed by atoms with Crippen LogP contribution in [0.15, 0.2) is 4.52 Å². The molecule has 1 aromatic rings. The van der Waals surface area contributed by atoms with Gasteiger partial charge in [0.1, 0.15) is 11.8 Å². The van der Waals surface area contributed by atoms with E-state index in [0.717, 1.165) is 17.0 Å². The monoisotopic (exact) mass is 230 g/mol. The van der Waals surface area contributed by atoms with E-state index in [1.54, 1.807) is 0 Å². The second-order valence-electron chi connectivity index (χ2n) is 3.26. The molecule has 0 unspecified atom stereocenters. The highest BCUT2D eigenvalue weighted by Gasteiger charge is 2.13. The van der Waals surface area contributed by atoms with Gasteiger partial charge in [0.05, 0.1) is 5.69 Å². The quantitative estimate of drug-likeness (QED) is 0.782. The number of carbonyl (C=O) groups is 1. The molecule has 6 heteroatoms. The van der Waals surface area contributed by atoms with Crippen LogP contribution < -0.4 is 5.73 Å². The predicted molar refractivity (Wildman–Crippen MR) is 57.8 cm³/mol. The predicted octanol–water partition coefficient (Wildman–Crippen LogP) is 0.937. The highest BCUT2D eigenvalue weighted by Crippen LogP contribution is 2.19. The Bertz CT molecular complexity index is 332. The minimum atomic E-state index is -0.971. The average molecular weight is 230 g/mol. The van der Waals surface area contributed by atoms with Gasteiger partial charge in [-0.1, -0.05) is 5.16 Å². The lowest BCUT2D eigenvalue weighted by atomic mass is 10.2. The van der Waals surface area contributed by atoms with Gasteiger partial charge in [0, 0.05) is 17.1 Å². The molecule has 0 aliphatic rings. The molecule has 15 heavy (non-hydrogen) atoms. The Morgan fingerprint density at radius 2 is 2.33 bits per heavy atom. The molecule has 0 bridgehead atoms. The maximum Gasteiger partial charge on any atom is 0.321 e. The van der Waals surface area contributed by atoms with E-state index >= 15 is 0 Å². The Hall–Kier alpha value is -1.01. The van der Waals surface area contributed by atoms with Gasteiger partial charge in [-0.15, -0.1) is 0 Å². The Kier molecular flexibility index (Phi) is 4.16. The number of aromatic nitrogens is 1. The van der Waals surface area contributed by atoms with Crippen molar-refractivity contribution < 1.29 is 14.4 Å². The molecule has 1 atom stereocenters. The fourth-order valence-electron chi connectivity index (χ4n) is 1.07. The maximum atomic E-state index is 10.5. The van der Waals surface area contributed by atoms with E-state index in [0.29, 0.717) is 11.5 Å². The number of hydrogen-bond acceptors (Lipinski definition) is 5. The number of aliphatic carboxylic acids is 1. The molecule has 0 aliphatic carbocycles. The third kappa shape index (κ3) is 3.24. The third-order valence-corrected chi connectivity index (χ3v) is 3.13. The zero-order chi connectivity index (χ0) is 11.4. The smallest absolute Gasteiger partial charge is 0.321 e. The van der Waals surface area contributed by atoms with Crippen LogP contribution in [-0.4, -0.2) is 28.0 Å². The minimum Gasteiger partial charge on any atom is -0.480 e. The Morgan fingerprint density at radius 3 is 2.80 bits per heavy atom. The molecular formula is C9H14N2O3S. The fraction of sp³-hybridized carbons (Fsp3) is 0.556. The molecule has 0 saturated carbocycles. The summed E-state index contributed by atoms with van der Waals surface area (Å²) < 4.78 is 4.99. The molecule has 0 radical (unpaired) electrons. The zero-order valence-corrected chi connectivity index (χ0v) is 9.50. The first-order chi connectivity index (χ1) is 7.02. The zero-order valence-electron chi connectivity index (χ0n) is 8.69. The van der Waals surface area contributed by atoms with Crippen LogP contribution in [0.3, 0.4) is 0 Å². The van der Waals surface area contributed by atoms with Gasteiger partial charge in [0.25, 0.3) is 0 Å². The first-order valence-corrected chi connectivity index (χ1v) is 5.65. The molecule has 1 heterocycles. The van der Waals surface area contributed by atoms with Crippen LogP contribution in [0.4, 0.5) is 0 Å². The number of nitrogens with zero attached hydrogens (tertiary/aromatic N) is 1. The third-order valence-electron chi connectivity index (χ3n) is 2.04. The Labute approximate surface area is 92.0 Å². The summed E-state index contributed by atoms with van der Waals surface area (Å²) >= 11 is 1.47. The highest BCUT2D eigenvalue weighted by atomic mass is 32.2. The second-order valence-corrected chi connectivity index (χ2v) is 4.29. The first kappa shape index (κ1) is 12.1. The van der Waals surface area contributed by atoms with E-state index in [9.17, 15) is 4.79 Å². The van der Waals surface area contributed by atoms with E-state index in [1.807, 2.05) is 13.8 Å². The number of aryl methyl sites for hydroxylation is 2. The average Bonchev–Trinajstić information content (AvgIpc) is 2.48. The van der Waals surface area contributed by atoms with E-state index < -0.39 is 12.0 Å². The van der Waals surface area contributed by atoms with Crippen molar-refractivity contribution in [2.75, 3.05) is 5.75 Å². The Balaban J connectivity index is 2.41. The summed E-state index contributed by atoms with van der Waals surface area (Å²) in [6.45, 7) is 3.70. The lowest BCUT2D eigenvalue weighted by molar-refractivity contribution is -0.137. The van der Waals surface area contributed by atoms with Crippen molar-refractivity contribution in [1.82, 2.24) is 5.16 Å². The first-order valence-electron chi connectivity index (χ1n) is 4.50. The summed E-state index contributed by atoms with van der Waals surface area (Å²) in [5.41, 5.74) is 7.25. The topological polar surface area (TPSA) is 89.4 Å². The van der Waals surface area contributed by atoms with Gasteiger partial charge < -0.3 is 15.4 Å². The number of carboxylic acids is 1. The van der Waals surface area contributed by atoms with E-state index in [2.05, 4.69) is 5.16 Å². The van der Waals surface area contributed by atoms with Gasteiger partial charge in [0.2, 0.25) is 0 Å². The van der Waals surface area contributed by atoms with Crippen LogP contribution in [0.5, 0.6) is 0 Å². The van der Waals surface area contributed by atoms with Crippen molar-refractivity contribution in [2.24, 2.45) is 5.73 Å². The molecule has 84 valence electrons. The maximum absolute atomic E-state index is 10.5. The number of carboxylic acid groups (broad SMARTS) is 1. The molecule has 5 nitrogen and oxygen atoms in total. The Morgan fingerprint density at radius 1 is 1.67 bits per heavy atom. The van der Waals surface area contributed by atoms with Crippen LogP contribution in [0.1, 0.15) is 17.0 Å². The summed E-state index contributed by atoms with van der Waals surface area (Å²) in [7, 11) is 0. The van der Waals surface area contributed by atoms with E-state index in [-0.39, 0.29) is 0 Å². The molecule has 0 aliphatic heterocycles. The molecule has 0 saturated heterocycles. The number of thioether (sulfide) groups is 1. The van der Waals surface area contributed by atoms with Crippen LogP contribution >= 0.6 is 11.8 Å². The minimum absolute atomic E-state index is 0.388. The van der Waals surface area contributed by atoms with Crippen molar-refractivity contribution in [3.8, 4) is 0 Å². The summed E-state index contributed by atoms with van der Waals surface area (Å²) in [5.74, 6) is 0.881. The molecule has 0 amide bonds. The summed E-state index contributed by atoms with van der Waals surface area (Å²) in [5, 5.41) is 12.4. The molecule has 1 rings (SSSR count). The van der Waals surface area contributed by atoms with Crippen LogP contribution in [-0.2, 0) is 10.5 Å². The van der Waals surface area contributed by atoms with Crippen LogP contribution in [0, 0.1) is 13.8 Å². The second kappa shape index (κ2) is 5.18. The highest BCUT2D eigenvalue weighted by molar-refractivity contribution is 7.98. The molecule has 0 spiro atoms. The van der Waals surface area contributed by atoms with Gasteiger partial charge in [-0.3, -0.25) is 4.79 Å². The van der Waals surface area contributed by atoms with Crippen molar-refractivity contribution in [3.05, 3.63) is 17.0 Å². The van der Waals surface area contributed by atoms with Crippen molar-refractivity contribution >= 4 is 17.7 Å². The lowest BCUT2D eigenvalue weighted by Gasteiger charge is -2.05.